The zero-order valence-electron chi connectivity index (χ0n) is 10.9. The molecular formula is C9H18N8O. The van der Waals surface area contributed by atoms with Crippen molar-refractivity contribution < 1.29 is 4.79 Å². The summed E-state index contributed by atoms with van der Waals surface area (Å²) in [6, 6.07) is 0. The van der Waals surface area contributed by atoms with Gasteiger partial charge in [-0.15, -0.1) is 0 Å². The minimum absolute atomic E-state index is 0.133. The number of nitrogens with two attached hydrogens (primary N) is 1. The number of hydrogen-bond acceptors (Lipinski definition) is 8. The van der Waals surface area contributed by atoms with Gasteiger partial charge in [0.05, 0.1) is 6.54 Å². The van der Waals surface area contributed by atoms with E-state index in [4.69, 9.17) is 5.84 Å². The summed E-state index contributed by atoms with van der Waals surface area (Å²) >= 11 is 0. The van der Waals surface area contributed by atoms with Crippen LogP contribution in [0.5, 0.6) is 0 Å². The van der Waals surface area contributed by atoms with Crippen molar-refractivity contribution in [2.45, 2.75) is 0 Å². The predicted octanol–water partition coefficient (Wildman–Crippen LogP) is -1.59. The second kappa shape index (κ2) is 5.96. The quantitative estimate of drug-likeness (QED) is 0.425. The van der Waals surface area contributed by atoms with E-state index < -0.39 is 0 Å². The van der Waals surface area contributed by atoms with Gasteiger partial charge in [-0.1, -0.05) is 0 Å². The van der Waals surface area contributed by atoms with E-state index in [0.717, 1.165) is 0 Å². The Morgan fingerprint density at radius 1 is 1.22 bits per heavy atom. The third-order valence-electron chi connectivity index (χ3n) is 2.14. The molecule has 1 heterocycles. The third-order valence-corrected chi connectivity index (χ3v) is 2.14. The van der Waals surface area contributed by atoms with Crippen LogP contribution >= 0.6 is 0 Å². The topological polar surface area (TPSA) is 112 Å². The van der Waals surface area contributed by atoms with Crippen LogP contribution in [-0.2, 0) is 4.79 Å². The normalized spacial score (nSPS) is 9.83. The van der Waals surface area contributed by atoms with Gasteiger partial charge in [0, 0.05) is 28.2 Å². The molecule has 0 aromatic carbocycles. The molecule has 0 unspecified atom stereocenters. The zero-order chi connectivity index (χ0) is 13.7. The predicted molar refractivity (Wildman–Crippen MR) is 69.3 cm³/mol. The summed E-state index contributed by atoms with van der Waals surface area (Å²) in [6.45, 7) is 0.150. The van der Waals surface area contributed by atoms with Crippen molar-refractivity contribution in [3.63, 3.8) is 0 Å². The Hall–Kier alpha value is -2.16. The number of rotatable bonds is 5. The highest BCUT2D eigenvalue weighted by Gasteiger charge is 2.13. The summed E-state index contributed by atoms with van der Waals surface area (Å²) < 4.78 is 0. The highest BCUT2D eigenvalue weighted by atomic mass is 16.1. The molecule has 0 saturated heterocycles. The maximum Gasteiger partial charge on any atom is 0.243 e. The fourth-order valence-corrected chi connectivity index (χ4v) is 1.15. The van der Waals surface area contributed by atoms with Crippen LogP contribution in [0, 0.1) is 0 Å². The van der Waals surface area contributed by atoms with Gasteiger partial charge in [0.25, 0.3) is 0 Å². The summed E-state index contributed by atoms with van der Waals surface area (Å²) in [4.78, 5) is 27.0. The molecule has 1 rings (SSSR count). The minimum atomic E-state index is -0.133. The number of nitrogen functional groups attached to an aromatic ring is 1. The molecule has 100 valence electrons. The lowest BCUT2D eigenvalue weighted by molar-refractivity contribution is -0.119. The Kier molecular flexibility index (Phi) is 4.60. The summed E-state index contributed by atoms with van der Waals surface area (Å²) in [5.41, 5.74) is 2.37. The maximum absolute atomic E-state index is 11.3. The Morgan fingerprint density at radius 2 is 1.83 bits per heavy atom. The molecule has 1 aromatic heterocycles. The Morgan fingerprint density at radius 3 is 2.33 bits per heavy atom. The lowest BCUT2D eigenvalue weighted by atomic mass is 10.5. The lowest BCUT2D eigenvalue weighted by Crippen LogP contribution is -2.34. The Bertz CT molecular complexity index is 421. The van der Waals surface area contributed by atoms with E-state index >= 15 is 0 Å². The van der Waals surface area contributed by atoms with Crippen LogP contribution in [0.1, 0.15) is 0 Å². The number of nitrogens with zero attached hydrogens (tertiary/aromatic N) is 5. The van der Waals surface area contributed by atoms with Gasteiger partial charge in [-0.2, -0.15) is 15.0 Å². The molecule has 0 saturated carbocycles. The molecule has 9 heteroatoms. The number of hydrazine groups is 1. The molecule has 18 heavy (non-hydrogen) atoms. The van der Waals surface area contributed by atoms with Gasteiger partial charge < -0.3 is 15.1 Å². The van der Waals surface area contributed by atoms with Crippen LogP contribution in [0.25, 0.3) is 0 Å². The SMILES string of the molecule is CNC(=O)CN(C)c1nc(NN)nc(N(C)C)n1. The van der Waals surface area contributed by atoms with Crippen LogP contribution < -0.4 is 26.4 Å². The number of carbonyl (C=O) groups excluding carboxylic acids is 1. The monoisotopic (exact) mass is 254 g/mol. The van der Waals surface area contributed by atoms with E-state index in [1.807, 2.05) is 0 Å². The van der Waals surface area contributed by atoms with E-state index in [9.17, 15) is 4.79 Å². The molecule has 0 bridgehead atoms. The smallest absolute Gasteiger partial charge is 0.243 e. The van der Waals surface area contributed by atoms with E-state index in [0.29, 0.717) is 11.9 Å². The first-order valence-corrected chi connectivity index (χ1v) is 5.29. The lowest BCUT2D eigenvalue weighted by Gasteiger charge is -2.18. The first-order valence-electron chi connectivity index (χ1n) is 5.29. The second-order valence-corrected chi connectivity index (χ2v) is 3.83. The van der Waals surface area contributed by atoms with Crippen molar-refractivity contribution in [2.24, 2.45) is 5.84 Å². The third kappa shape index (κ3) is 3.42. The van der Waals surface area contributed by atoms with Crippen molar-refractivity contribution >= 4 is 23.8 Å². The van der Waals surface area contributed by atoms with Crippen LogP contribution in [-0.4, -0.2) is 55.6 Å². The largest absolute Gasteiger partial charge is 0.358 e. The van der Waals surface area contributed by atoms with Crippen LogP contribution in [0.3, 0.4) is 0 Å². The van der Waals surface area contributed by atoms with E-state index in [-0.39, 0.29) is 18.4 Å². The number of anilines is 3. The molecule has 0 radical (unpaired) electrons. The number of nitrogens with one attached hydrogen (secondary N) is 2. The number of hydrogen-bond donors (Lipinski definition) is 3. The van der Waals surface area contributed by atoms with Gasteiger partial charge in [-0.25, -0.2) is 5.84 Å². The number of carbonyl (C=O) groups is 1. The van der Waals surface area contributed by atoms with E-state index in [1.54, 1.807) is 38.0 Å². The van der Waals surface area contributed by atoms with Crippen molar-refractivity contribution in [3.05, 3.63) is 0 Å². The van der Waals surface area contributed by atoms with E-state index in [1.165, 1.54) is 0 Å². The summed E-state index contributed by atoms with van der Waals surface area (Å²) in [5, 5.41) is 2.53. The molecule has 0 aliphatic rings. The highest BCUT2D eigenvalue weighted by Crippen LogP contribution is 2.13. The number of amides is 1. The first kappa shape index (κ1) is 13.9. The Labute approximate surface area is 105 Å². The highest BCUT2D eigenvalue weighted by molar-refractivity contribution is 5.80. The molecular weight excluding hydrogens is 236 g/mol. The number of aromatic nitrogens is 3. The molecule has 0 spiro atoms. The minimum Gasteiger partial charge on any atom is -0.358 e. The average molecular weight is 254 g/mol. The molecule has 4 N–H and O–H groups in total. The van der Waals surface area contributed by atoms with Gasteiger partial charge in [0.2, 0.25) is 23.8 Å². The molecule has 0 fully saturated rings. The Balaban J connectivity index is 2.99. The maximum atomic E-state index is 11.3. The average Bonchev–Trinajstić information content (AvgIpc) is 2.37. The fraction of sp³-hybridized carbons (Fsp3) is 0.556. The van der Waals surface area contributed by atoms with Crippen molar-refractivity contribution in [1.82, 2.24) is 20.3 Å². The standard InChI is InChI=1S/C9H18N8O/c1-11-6(18)5-17(4)9-13-7(15-10)12-8(14-9)16(2)3/h5,10H2,1-4H3,(H,11,18)(H,12,13,14,15). The molecule has 1 aromatic rings. The zero-order valence-corrected chi connectivity index (χ0v) is 10.9. The van der Waals surface area contributed by atoms with Gasteiger partial charge in [0.1, 0.15) is 0 Å². The van der Waals surface area contributed by atoms with Gasteiger partial charge in [-0.3, -0.25) is 10.2 Å². The van der Waals surface area contributed by atoms with Gasteiger partial charge in [-0.05, 0) is 0 Å². The molecule has 9 nitrogen and oxygen atoms in total. The summed E-state index contributed by atoms with van der Waals surface area (Å²) in [7, 11) is 6.89. The molecule has 0 aliphatic carbocycles. The summed E-state index contributed by atoms with van der Waals surface area (Å²) in [5.74, 6) is 6.23. The van der Waals surface area contributed by atoms with Crippen LogP contribution in [0.2, 0.25) is 0 Å². The molecule has 0 aliphatic heterocycles. The van der Waals surface area contributed by atoms with Gasteiger partial charge in [0.15, 0.2) is 0 Å². The fourth-order valence-electron chi connectivity index (χ4n) is 1.15. The number of likely N-dealkylation sites (N-methyl/N-ethyl adjacent to an activating group) is 2. The molecule has 0 atom stereocenters. The molecule has 1 amide bonds. The van der Waals surface area contributed by atoms with Crippen LogP contribution in [0.4, 0.5) is 17.8 Å². The first-order chi connectivity index (χ1) is 8.47. The van der Waals surface area contributed by atoms with Crippen molar-refractivity contribution in [2.75, 3.05) is 50.0 Å². The summed E-state index contributed by atoms with van der Waals surface area (Å²) in [6.07, 6.45) is 0. The second-order valence-electron chi connectivity index (χ2n) is 3.83. The van der Waals surface area contributed by atoms with E-state index in [2.05, 4.69) is 25.7 Å². The van der Waals surface area contributed by atoms with Crippen LogP contribution in [0.15, 0.2) is 0 Å². The van der Waals surface area contributed by atoms with Crippen molar-refractivity contribution in [1.29, 1.82) is 0 Å². The van der Waals surface area contributed by atoms with Crippen molar-refractivity contribution in [3.8, 4) is 0 Å². The van der Waals surface area contributed by atoms with Gasteiger partial charge >= 0.3 is 0 Å².